The van der Waals surface area contributed by atoms with Gasteiger partial charge in [0.15, 0.2) is 17.4 Å². The summed E-state index contributed by atoms with van der Waals surface area (Å²) in [6.07, 6.45) is 0.0565. The van der Waals surface area contributed by atoms with E-state index in [1.54, 1.807) is 17.8 Å². The van der Waals surface area contributed by atoms with Crippen molar-refractivity contribution < 1.29 is 32.6 Å². The fraction of sp³-hybridized carbons (Fsp3) is 0.632. The number of nitrogen functional groups attached to an aromatic ring is 1. The van der Waals surface area contributed by atoms with Crippen LogP contribution in [0.25, 0.3) is 11.2 Å². The normalized spacial score (nSPS) is 29.9. The maximum Gasteiger partial charge on any atom is 0.406 e. The minimum absolute atomic E-state index is 0.0290. The van der Waals surface area contributed by atoms with Crippen molar-refractivity contribution in [2.24, 2.45) is 4.99 Å². The van der Waals surface area contributed by atoms with Crippen molar-refractivity contribution in [3.63, 3.8) is 0 Å². The van der Waals surface area contributed by atoms with E-state index in [0.717, 1.165) is 0 Å². The number of carbonyl (C=O) groups excluding carboxylic acids is 1. The third-order valence-electron chi connectivity index (χ3n) is 5.40. The van der Waals surface area contributed by atoms with Gasteiger partial charge in [0.2, 0.25) is 11.8 Å². The highest BCUT2D eigenvalue weighted by molar-refractivity contribution is 7.51. The summed E-state index contributed by atoms with van der Waals surface area (Å²) in [5.41, 5.74) is 6.72. The Kier molecular flexibility index (Phi) is 7.14. The maximum absolute atomic E-state index is 13.1. The van der Waals surface area contributed by atoms with Crippen LogP contribution < -0.4 is 15.6 Å². The van der Waals surface area contributed by atoms with E-state index in [0.29, 0.717) is 24.2 Å². The summed E-state index contributed by atoms with van der Waals surface area (Å²) in [7, 11) is -3.78. The predicted molar refractivity (Wildman–Crippen MR) is 120 cm³/mol. The van der Waals surface area contributed by atoms with Crippen molar-refractivity contribution in [1.82, 2.24) is 24.6 Å². The molecule has 2 fully saturated rings. The molecule has 4 heterocycles. The third kappa shape index (κ3) is 4.77. The van der Waals surface area contributed by atoms with Gasteiger partial charge in [0.1, 0.15) is 12.1 Å². The molecule has 0 amide bonds. The minimum Gasteiger partial charge on any atom is -0.476 e. The number of hydrogen-bond acceptors (Lipinski definition) is 12. The first kappa shape index (κ1) is 24.5. The number of carbonyl (C=O) groups is 1. The summed E-state index contributed by atoms with van der Waals surface area (Å²) in [6, 6.07) is -1.37. The summed E-state index contributed by atoms with van der Waals surface area (Å²) in [6.45, 7) is 9.27. The summed E-state index contributed by atoms with van der Waals surface area (Å²) in [4.78, 5) is 28.9. The van der Waals surface area contributed by atoms with Crippen molar-refractivity contribution >= 4 is 37.5 Å². The average Bonchev–Trinajstić information content (AvgIpc) is 3.22. The lowest BCUT2D eigenvalue weighted by atomic mass is 10.00. The molecule has 2 unspecified atom stereocenters. The van der Waals surface area contributed by atoms with E-state index in [-0.39, 0.29) is 25.0 Å². The molecule has 186 valence electrons. The number of aromatic nitrogens is 4. The monoisotopic (exact) mass is 497 g/mol. The van der Waals surface area contributed by atoms with Crippen LogP contribution in [0.3, 0.4) is 0 Å². The van der Waals surface area contributed by atoms with Crippen LogP contribution in [0.1, 0.15) is 33.4 Å². The van der Waals surface area contributed by atoms with E-state index < -0.39 is 44.2 Å². The van der Waals surface area contributed by atoms with Gasteiger partial charge in [0.05, 0.1) is 38.3 Å². The van der Waals surface area contributed by atoms with Gasteiger partial charge >= 0.3 is 13.7 Å². The van der Waals surface area contributed by atoms with Gasteiger partial charge < -0.3 is 19.9 Å². The van der Waals surface area contributed by atoms with Crippen LogP contribution in [0.2, 0.25) is 0 Å². The number of nitrogens with zero attached hydrogens (tertiary/aromatic N) is 5. The summed E-state index contributed by atoms with van der Waals surface area (Å²) >= 11 is 0. The Bertz CT molecular complexity index is 1110. The Morgan fingerprint density at radius 3 is 2.91 bits per heavy atom. The lowest BCUT2D eigenvalue weighted by Crippen LogP contribution is -2.50. The zero-order chi connectivity index (χ0) is 24.5. The molecule has 0 radical (unpaired) electrons. The van der Waals surface area contributed by atoms with E-state index in [9.17, 15) is 9.36 Å². The Balaban J connectivity index is 1.54. The summed E-state index contributed by atoms with van der Waals surface area (Å²) in [5, 5.41) is 2.61. The molecule has 0 aromatic carbocycles. The van der Waals surface area contributed by atoms with E-state index >= 15 is 0 Å². The topological polar surface area (TPSA) is 174 Å². The third-order valence-corrected chi connectivity index (χ3v) is 7.14. The lowest BCUT2D eigenvalue weighted by molar-refractivity contribution is -0.175. The zero-order valence-corrected chi connectivity index (χ0v) is 20.0. The van der Waals surface area contributed by atoms with E-state index in [1.165, 1.54) is 6.92 Å². The van der Waals surface area contributed by atoms with Crippen LogP contribution >= 0.6 is 7.75 Å². The van der Waals surface area contributed by atoms with Gasteiger partial charge in [0.25, 0.3) is 0 Å². The van der Waals surface area contributed by atoms with Gasteiger partial charge in [-0.15, -0.1) is 0 Å². The standard InChI is InChI=1S/C19H28N7O7P/c1-5-29-16-14-15(23-19(20)24-16)26(9-22-14)17-11(21-4)7-12-13(32-17)8-31-34(28,33-12)25-10(3)18(27)30-6-2/h9-13,17H,4-8H2,1-3H3,(H,25,28)(H2,20,23,24)/t10-,11?,12-,13+,17+,34?/m0/s1. The lowest BCUT2D eigenvalue weighted by Gasteiger charge is -2.44. The van der Waals surface area contributed by atoms with Gasteiger partial charge in [-0.2, -0.15) is 9.97 Å². The molecule has 2 aromatic heterocycles. The molecular weight excluding hydrogens is 469 g/mol. The SMILES string of the molecule is C=NC1C[C@@H]2OP(=O)(N[C@@H](C)C(=O)OCC)OC[C@H]2O[C@H]1n1cnc2c(OCC)nc(N)nc21. The van der Waals surface area contributed by atoms with Crippen molar-refractivity contribution in [2.75, 3.05) is 25.6 Å². The number of esters is 1. The van der Waals surface area contributed by atoms with Crippen LogP contribution in [0, 0.1) is 0 Å². The van der Waals surface area contributed by atoms with Crippen LogP contribution in [-0.2, 0) is 27.9 Å². The number of anilines is 1. The van der Waals surface area contributed by atoms with Crippen molar-refractivity contribution in [3.05, 3.63) is 6.33 Å². The van der Waals surface area contributed by atoms with Gasteiger partial charge in [-0.1, -0.05) is 0 Å². The van der Waals surface area contributed by atoms with Crippen molar-refractivity contribution in [1.29, 1.82) is 0 Å². The molecule has 0 aliphatic carbocycles. The Morgan fingerprint density at radius 1 is 1.41 bits per heavy atom. The molecule has 15 heteroatoms. The van der Waals surface area contributed by atoms with Gasteiger partial charge in [-0.3, -0.25) is 23.4 Å². The molecule has 6 atom stereocenters. The molecule has 34 heavy (non-hydrogen) atoms. The number of aliphatic imine (C=N–C) groups is 1. The van der Waals surface area contributed by atoms with Crippen LogP contribution in [0.4, 0.5) is 5.95 Å². The van der Waals surface area contributed by atoms with Crippen molar-refractivity contribution in [2.45, 2.75) is 57.7 Å². The van der Waals surface area contributed by atoms with E-state index in [4.69, 9.17) is 29.0 Å². The highest BCUT2D eigenvalue weighted by atomic mass is 31.2. The molecule has 14 nitrogen and oxygen atoms in total. The number of hydrogen-bond donors (Lipinski definition) is 2. The van der Waals surface area contributed by atoms with E-state index in [2.05, 4.69) is 31.7 Å². The second-order valence-electron chi connectivity index (χ2n) is 7.73. The summed E-state index contributed by atoms with van der Waals surface area (Å²) < 4.78 is 42.7. The van der Waals surface area contributed by atoms with Crippen LogP contribution in [-0.4, -0.2) is 76.3 Å². The molecule has 0 saturated carbocycles. The number of ether oxygens (including phenoxy) is 3. The van der Waals surface area contributed by atoms with Gasteiger partial charge in [-0.05, 0) is 27.5 Å². The second-order valence-corrected chi connectivity index (χ2v) is 9.46. The fourth-order valence-corrected chi connectivity index (χ4v) is 5.57. The maximum atomic E-state index is 13.1. The van der Waals surface area contributed by atoms with Crippen LogP contribution in [0.5, 0.6) is 5.88 Å². The molecule has 3 N–H and O–H groups in total. The number of fused-ring (bicyclic) bond motifs is 2. The molecule has 0 bridgehead atoms. The number of nitrogens with two attached hydrogens (primary N) is 1. The Hall–Kier alpha value is -2.64. The number of rotatable bonds is 8. The van der Waals surface area contributed by atoms with Gasteiger partial charge in [0, 0.05) is 6.42 Å². The largest absolute Gasteiger partial charge is 0.476 e. The number of imidazole rings is 1. The van der Waals surface area contributed by atoms with Crippen molar-refractivity contribution in [3.8, 4) is 5.88 Å². The summed E-state index contributed by atoms with van der Waals surface area (Å²) in [5.74, 6) is -0.258. The Morgan fingerprint density at radius 2 is 2.21 bits per heavy atom. The highest BCUT2D eigenvalue weighted by Gasteiger charge is 2.48. The molecule has 2 aliphatic heterocycles. The Labute approximate surface area is 195 Å². The second kappa shape index (κ2) is 9.92. The van der Waals surface area contributed by atoms with Gasteiger partial charge in [-0.25, -0.2) is 14.6 Å². The van der Waals surface area contributed by atoms with Crippen LogP contribution in [0.15, 0.2) is 11.3 Å². The predicted octanol–water partition coefficient (Wildman–Crippen LogP) is 1.23. The molecular formula is C19H28N7O7P. The zero-order valence-electron chi connectivity index (χ0n) is 19.1. The number of nitrogens with one attached hydrogen (secondary N) is 1. The smallest absolute Gasteiger partial charge is 0.406 e. The first-order valence-electron chi connectivity index (χ1n) is 10.9. The van der Waals surface area contributed by atoms with E-state index in [1.807, 2.05) is 6.92 Å². The molecule has 4 rings (SSSR count). The molecule has 2 aliphatic rings. The molecule has 2 aromatic rings. The quantitative estimate of drug-likeness (QED) is 0.304. The molecule has 2 saturated heterocycles. The molecule has 0 spiro atoms. The average molecular weight is 497 g/mol. The highest BCUT2D eigenvalue weighted by Crippen LogP contribution is 2.52. The first-order valence-corrected chi connectivity index (χ1v) is 12.4. The fourth-order valence-electron chi connectivity index (χ4n) is 3.87. The first-order chi connectivity index (χ1) is 16.3. The minimum atomic E-state index is -3.78.